The third-order valence-electron chi connectivity index (χ3n) is 2.85. The normalized spacial score (nSPS) is 22.1. The first-order chi connectivity index (χ1) is 7.63. The Hall–Kier alpha value is -0.940. The molecule has 16 heavy (non-hydrogen) atoms. The summed E-state index contributed by atoms with van der Waals surface area (Å²) in [5.41, 5.74) is 0. The van der Waals surface area contributed by atoms with E-state index in [0.717, 1.165) is 25.5 Å². The summed E-state index contributed by atoms with van der Waals surface area (Å²) in [5, 5.41) is 7.88. The summed E-state index contributed by atoms with van der Waals surface area (Å²) in [6.07, 6.45) is 2.99. The van der Waals surface area contributed by atoms with Crippen molar-refractivity contribution < 1.29 is 0 Å². The number of nitrogens with zero attached hydrogens (tertiary/aromatic N) is 4. The van der Waals surface area contributed by atoms with Gasteiger partial charge in [0.05, 0.1) is 6.54 Å². The van der Waals surface area contributed by atoms with Crippen LogP contribution in [0.5, 0.6) is 0 Å². The first kappa shape index (κ1) is 11.5. The van der Waals surface area contributed by atoms with E-state index >= 15 is 0 Å². The van der Waals surface area contributed by atoms with E-state index in [4.69, 9.17) is 0 Å². The summed E-state index contributed by atoms with van der Waals surface area (Å²) in [5.74, 6) is 0.924. The van der Waals surface area contributed by atoms with Gasteiger partial charge in [-0.2, -0.15) is 5.10 Å². The van der Waals surface area contributed by atoms with Gasteiger partial charge in [0.1, 0.15) is 6.33 Å². The van der Waals surface area contributed by atoms with Gasteiger partial charge in [-0.1, -0.05) is 13.8 Å². The fourth-order valence-electron chi connectivity index (χ4n) is 2.24. The highest BCUT2D eigenvalue weighted by molar-refractivity contribution is 4.87. The maximum Gasteiger partial charge on any atom is 0.164 e. The lowest BCUT2D eigenvalue weighted by atomic mass is 10.2. The smallest absolute Gasteiger partial charge is 0.164 e. The maximum atomic E-state index is 4.30. The van der Waals surface area contributed by atoms with Gasteiger partial charge in [0.15, 0.2) is 5.82 Å². The summed E-state index contributed by atoms with van der Waals surface area (Å²) < 4.78 is 1.76. The van der Waals surface area contributed by atoms with E-state index in [-0.39, 0.29) is 0 Å². The van der Waals surface area contributed by atoms with Crippen LogP contribution in [0.15, 0.2) is 6.33 Å². The molecule has 0 amide bonds. The van der Waals surface area contributed by atoms with E-state index in [1.807, 2.05) is 7.05 Å². The van der Waals surface area contributed by atoms with Crippen molar-refractivity contribution in [3.8, 4) is 0 Å². The highest BCUT2D eigenvalue weighted by Crippen LogP contribution is 2.11. The molecule has 5 nitrogen and oxygen atoms in total. The molecule has 0 saturated carbocycles. The van der Waals surface area contributed by atoms with E-state index in [1.54, 1.807) is 11.0 Å². The summed E-state index contributed by atoms with van der Waals surface area (Å²) in [4.78, 5) is 6.67. The van der Waals surface area contributed by atoms with Crippen LogP contribution in [0.2, 0.25) is 0 Å². The molecule has 0 spiro atoms. The van der Waals surface area contributed by atoms with Gasteiger partial charge in [-0.3, -0.25) is 9.58 Å². The monoisotopic (exact) mass is 223 g/mol. The maximum absolute atomic E-state index is 4.30. The third kappa shape index (κ3) is 3.02. The highest BCUT2D eigenvalue weighted by Gasteiger charge is 2.23. The van der Waals surface area contributed by atoms with E-state index in [1.165, 1.54) is 6.42 Å². The van der Waals surface area contributed by atoms with Gasteiger partial charge in [-0.15, -0.1) is 0 Å². The Kier molecular flexibility index (Phi) is 3.56. The Morgan fingerprint density at radius 3 is 3.00 bits per heavy atom. The molecule has 1 aromatic rings. The van der Waals surface area contributed by atoms with Gasteiger partial charge in [0.2, 0.25) is 0 Å². The molecule has 1 aliphatic rings. The minimum absolute atomic E-state index is 0.568. The van der Waals surface area contributed by atoms with E-state index in [9.17, 15) is 0 Å². The van der Waals surface area contributed by atoms with Gasteiger partial charge in [0.25, 0.3) is 0 Å². The number of hydrogen-bond acceptors (Lipinski definition) is 4. The molecule has 5 heteroatoms. The van der Waals surface area contributed by atoms with Crippen molar-refractivity contribution in [2.45, 2.75) is 38.9 Å². The average Bonchev–Trinajstić information content (AvgIpc) is 2.76. The molecule has 1 saturated heterocycles. The van der Waals surface area contributed by atoms with Crippen LogP contribution in [0.25, 0.3) is 0 Å². The summed E-state index contributed by atoms with van der Waals surface area (Å²) in [6.45, 7) is 7.52. The van der Waals surface area contributed by atoms with E-state index in [2.05, 4.69) is 34.1 Å². The molecule has 2 rings (SSSR count). The van der Waals surface area contributed by atoms with Crippen LogP contribution < -0.4 is 5.32 Å². The Balaban J connectivity index is 1.80. The van der Waals surface area contributed by atoms with Gasteiger partial charge in [-0.25, -0.2) is 4.98 Å². The zero-order valence-electron chi connectivity index (χ0n) is 10.3. The average molecular weight is 223 g/mol. The Bertz CT molecular complexity index is 333. The van der Waals surface area contributed by atoms with Crippen molar-refractivity contribution in [1.29, 1.82) is 0 Å². The second-order valence-corrected chi connectivity index (χ2v) is 4.88. The van der Waals surface area contributed by atoms with Crippen molar-refractivity contribution in [2.75, 3.05) is 13.1 Å². The minimum Gasteiger partial charge on any atom is -0.310 e. The van der Waals surface area contributed by atoms with Gasteiger partial charge in [0, 0.05) is 32.2 Å². The molecule has 1 N–H and O–H groups in total. The summed E-state index contributed by atoms with van der Waals surface area (Å²) in [6, 6.07) is 1.20. The molecule has 90 valence electrons. The fourth-order valence-corrected chi connectivity index (χ4v) is 2.24. The van der Waals surface area contributed by atoms with Crippen LogP contribution in [0, 0.1) is 0 Å². The molecule has 1 fully saturated rings. The van der Waals surface area contributed by atoms with Crippen LogP contribution in [-0.2, 0) is 13.6 Å². The van der Waals surface area contributed by atoms with Crippen LogP contribution >= 0.6 is 0 Å². The first-order valence-electron chi connectivity index (χ1n) is 5.96. The standard InChI is InChI=1S/C11H21N5/c1-9(2)13-10-4-5-16(6-10)7-11-12-8-15(3)14-11/h8-10,13H,4-7H2,1-3H3. The second-order valence-electron chi connectivity index (χ2n) is 4.88. The predicted octanol–water partition coefficient (Wildman–Crippen LogP) is 0.387. The quantitative estimate of drug-likeness (QED) is 0.802. The molecule has 1 aliphatic heterocycles. The zero-order chi connectivity index (χ0) is 11.5. The Morgan fingerprint density at radius 2 is 2.38 bits per heavy atom. The molecule has 1 unspecified atom stereocenters. The topological polar surface area (TPSA) is 46.0 Å². The van der Waals surface area contributed by atoms with Crippen molar-refractivity contribution in [3.63, 3.8) is 0 Å². The molecular weight excluding hydrogens is 202 g/mol. The van der Waals surface area contributed by atoms with Crippen molar-refractivity contribution >= 4 is 0 Å². The van der Waals surface area contributed by atoms with Crippen molar-refractivity contribution in [2.24, 2.45) is 7.05 Å². The first-order valence-corrected chi connectivity index (χ1v) is 5.96. The number of likely N-dealkylation sites (tertiary alicyclic amines) is 1. The summed E-state index contributed by atoms with van der Waals surface area (Å²) in [7, 11) is 1.91. The van der Waals surface area contributed by atoms with Crippen molar-refractivity contribution in [3.05, 3.63) is 12.2 Å². The van der Waals surface area contributed by atoms with Gasteiger partial charge in [-0.05, 0) is 6.42 Å². The lowest BCUT2D eigenvalue weighted by molar-refractivity contribution is 0.309. The number of aromatic nitrogens is 3. The third-order valence-corrected chi connectivity index (χ3v) is 2.85. The SMILES string of the molecule is CC(C)NC1CCN(Cc2ncn(C)n2)C1. The lowest BCUT2D eigenvalue weighted by Gasteiger charge is -2.17. The second kappa shape index (κ2) is 4.93. The highest BCUT2D eigenvalue weighted by atomic mass is 15.3. The molecular formula is C11H21N5. The lowest BCUT2D eigenvalue weighted by Crippen LogP contribution is -2.36. The molecule has 0 radical (unpaired) electrons. The van der Waals surface area contributed by atoms with Gasteiger partial charge < -0.3 is 5.32 Å². The van der Waals surface area contributed by atoms with Crippen LogP contribution in [0.1, 0.15) is 26.1 Å². The Labute approximate surface area is 96.8 Å². The minimum atomic E-state index is 0.568. The molecule has 0 bridgehead atoms. The van der Waals surface area contributed by atoms with E-state index < -0.39 is 0 Å². The van der Waals surface area contributed by atoms with Crippen LogP contribution in [-0.4, -0.2) is 44.8 Å². The predicted molar refractivity (Wildman–Crippen MR) is 63.0 cm³/mol. The molecule has 0 aliphatic carbocycles. The van der Waals surface area contributed by atoms with E-state index in [0.29, 0.717) is 12.1 Å². The molecule has 2 heterocycles. The largest absolute Gasteiger partial charge is 0.310 e. The molecule has 1 aromatic heterocycles. The molecule has 0 aromatic carbocycles. The summed E-state index contributed by atoms with van der Waals surface area (Å²) >= 11 is 0. The molecule has 1 atom stereocenters. The van der Waals surface area contributed by atoms with Crippen LogP contribution in [0.3, 0.4) is 0 Å². The number of aryl methyl sites for hydroxylation is 1. The van der Waals surface area contributed by atoms with Crippen LogP contribution in [0.4, 0.5) is 0 Å². The number of rotatable bonds is 4. The fraction of sp³-hybridized carbons (Fsp3) is 0.818. The number of hydrogen-bond donors (Lipinski definition) is 1. The van der Waals surface area contributed by atoms with Crippen molar-refractivity contribution in [1.82, 2.24) is 25.0 Å². The zero-order valence-corrected chi connectivity index (χ0v) is 10.3. The Morgan fingerprint density at radius 1 is 1.56 bits per heavy atom. The number of nitrogens with one attached hydrogen (secondary N) is 1. The van der Waals surface area contributed by atoms with Gasteiger partial charge >= 0.3 is 0 Å².